The minimum atomic E-state index is 0.0779. The second kappa shape index (κ2) is 6.59. The molecule has 1 saturated heterocycles. The van der Waals surface area contributed by atoms with Crippen molar-refractivity contribution in [2.24, 2.45) is 0 Å². The Labute approximate surface area is 147 Å². The number of hydrogen-bond acceptors (Lipinski definition) is 6. The fourth-order valence-corrected chi connectivity index (χ4v) is 3.89. The molecule has 2 aliphatic rings. The van der Waals surface area contributed by atoms with E-state index in [0.29, 0.717) is 6.42 Å². The molecule has 0 radical (unpaired) electrons. The van der Waals surface area contributed by atoms with E-state index in [1.807, 2.05) is 19.1 Å². The van der Waals surface area contributed by atoms with Crippen LogP contribution in [0.5, 0.6) is 0 Å². The minimum absolute atomic E-state index is 0.0779. The van der Waals surface area contributed by atoms with Crippen LogP contribution in [0.1, 0.15) is 46.8 Å². The lowest BCUT2D eigenvalue weighted by atomic mass is 9.84. The summed E-state index contributed by atoms with van der Waals surface area (Å²) in [7, 11) is 0. The van der Waals surface area contributed by atoms with Gasteiger partial charge in [0, 0.05) is 44.9 Å². The van der Waals surface area contributed by atoms with Crippen LogP contribution in [0.4, 0.5) is 5.95 Å². The third-order valence-corrected chi connectivity index (χ3v) is 5.35. The summed E-state index contributed by atoms with van der Waals surface area (Å²) in [5.74, 6) is 1.84. The van der Waals surface area contributed by atoms with E-state index in [2.05, 4.69) is 21.7 Å². The number of likely N-dealkylation sites (N-methyl/N-ethyl adjacent to an activating group) is 1. The Hall–Kier alpha value is -2.21. The molecule has 0 aromatic carbocycles. The van der Waals surface area contributed by atoms with E-state index in [9.17, 15) is 4.79 Å². The number of fused-ring (bicyclic) bond motifs is 1. The van der Waals surface area contributed by atoms with Crippen LogP contribution in [-0.4, -0.2) is 53.4 Å². The molecule has 132 valence electrons. The van der Waals surface area contributed by atoms with Crippen LogP contribution >= 0.6 is 0 Å². The van der Waals surface area contributed by atoms with Gasteiger partial charge in [-0.3, -0.25) is 4.79 Å². The van der Waals surface area contributed by atoms with Gasteiger partial charge in [-0.25, -0.2) is 9.97 Å². The summed E-state index contributed by atoms with van der Waals surface area (Å²) >= 11 is 0. The first-order valence-electron chi connectivity index (χ1n) is 9.07. The number of rotatable bonds is 3. The summed E-state index contributed by atoms with van der Waals surface area (Å²) in [6.45, 7) is 9.13. The molecule has 2 aromatic rings. The van der Waals surface area contributed by atoms with Gasteiger partial charge in [-0.05, 0) is 25.6 Å². The molecule has 1 aliphatic heterocycles. The average molecular weight is 340 g/mol. The van der Waals surface area contributed by atoms with Gasteiger partial charge in [0.1, 0.15) is 5.76 Å². The van der Waals surface area contributed by atoms with Crippen molar-refractivity contribution in [3.8, 4) is 0 Å². The molecule has 3 heterocycles. The quantitative estimate of drug-likeness (QED) is 0.855. The predicted molar refractivity (Wildman–Crippen MR) is 95.2 cm³/mol. The summed E-state index contributed by atoms with van der Waals surface area (Å²) in [6, 6.07) is 3.82. The van der Waals surface area contributed by atoms with Crippen molar-refractivity contribution in [2.75, 3.05) is 37.6 Å². The van der Waals surface area contributed by atoms with E-state index in [-0.39, 0.29) is 11.7 Å². The van der Waals surface area contributed by atoms with Crippen LogP contribution in [0.3, 0.4) is 0 Å². The molecule has 0 saturated carbocycles. The first-order chi connectivity index (χ1) is 12.2. The maximum atomic E-state index is 12.6. The number of anilines is 1. The van der Waals surface area contributed by atoms with Gasteiger partial charge in [-0.15, -0.1) is 0 Å². The first-order valence-corrected chi connectivity index (χ1v) is 9.07. The number of carbonyl (C=O) groups is 1. The van der Waals surface area contributed by atoms with Crippen molar-refractivity contribution in [1.29, 1.82) is 0 Å². The van der Waals surface area contributed by atoms with Gasteiger partial charge in [0.05, 0.1) is 23.2 Å². The largest absolute Gasteiger partial charge is 0.469 e. The van der Waals surface area contributed by atoms with Gasteiger partial charge in [0.25, 0.3) is 0 Å². The number of carbonyl (C=O) groups excluding carboxylic acids is 1. The monoisotopic (exact) mass is 340 g/mol. The third kappa shape index (κ3) is 3.06. The molecule has 1 fully saturated rings. The molecule has 6 nitrogen and oxygen atoms in total. The Bertz CT molecular complexity index is 764. The SMILES string of the molecule is CCN1CCN(c2nc(C)c3c(n2)C[C@@H](c2ccco2)CC3=O)CC1. The maximum Gasteiger partial charge on any atom is 0.225 e. The lowest BCUT2D eigenvalue weighted by molar-refractivity contribution is 0.0957. The molecule has 0 N–H and O–H groups in total. The highest BCUT2D eigenvalue weighted by atomic mass is 16.3. The normalized spacial score (nSPS) is 21.4. The van der Waals surface area contributed by atoms with Gasteiger partial charge >= 0.3 is 0 Å². The van der Waals surface area contributed by atoms with Gasteiger partial charge in [-0.1, -0.05) is 6.92 Å². The number of hydrogen-bond donors (Lipinski definition) is 0. The van der Waals surface area contributed by atoms with Gasteiger partial charge in [0.15, 0.2) is 5.78 Å². The van der Waals surface area contributed by atoms with Crippen molar-refractivity contribution in [2.45, 2.75) is 32.6 Å². The summed E-state index contributed by atoms with van der Waals surface area (Å²) < 4.78 is 5.53. The molecule has 1 aliphatic carbocycles. The van der Waals surface area contributed by atoms with Crippen molar-refractivity contribution >= 4 is 11.7 Å². The fourth-order valence-electron chi connectivity index (χ4n) is 3.89. The maximum absolute atomic E-state index is 12.6. The van der Waals surface area contributed by atoms with E-state index in [1.165, 1.54) is 0 Å². The number of nitrogens with zero attached hydrogens (tertiary/aromatic N) is 4. The molecule has 0 spiro atoms. The Balaban J connectivity index is 1.62. The molecule has 4 rings (SSSR count). The summed E-state index contributed by atoms with van der Waals surface area (Å²) in [4.78, 5) is 26.7. The Morgan fingerprint density at radius 1 is 1.20 bits per heavy atom. The van der Waals surface area contributed by atoms with Crippen LogP contribution in [0, 0.1) is 6.92 Å². The molecule has 0 amide bonds. The highest BCUT2D eigenvalue weighted by molar-refractivity contribution is 5.99. The molecule has 0 bridgehead atoms. The average Bonchev–Trinajstić information content (AvgIpc) is 3.16. The molecular weight excluding hydrogens is 316 g/mol. The molecule has 25 heavy (non-hydrogen) atoms. The number of Topliss-reactive ketones (excluding diaryl/α,β-unsaturated/α-hetero) is 1. The van der Waals surface area contributed by atoms with Crippen molar-refractivity contribution < 1.29 is 9.21 Å². The third-order valence-electron chi connectivity index (χ3n) is 5.35. The van der Waals surface area contributed by atoms with Crippen LogP contribution in [0.15, 0.2) is 22.8 Å². The van der Waals surface area contributed by atoms with Crippen molar-refractivity contribution in [1.82, 2.24) is 14.9 Å². The van der Waals surface area contributed by atoms with E-state index in [1.54, 1.807) is 6.26 Å². The standard InChI is InChI=1S/C19H24N4O2/c1-3-22-6-8-23(9-7-22)19-20-13(2)18-15(21-19)11-14(12-16(18)24)17-5-4-10-25-17/h4-5,10,14H,3,6-9,11-12H2,1-2H3/t14-/m1/s1. The minimum Gasteiger partial charge on any atom is -0.469 e. The zero-order chi connectivity index (χ0) is 17.4. The molecule has 1 atom stereocenters. The predicted octanol–water partition coefficient (Wildman–Crippen LogP) is 2.43. The zero-order valence-corrected chi connectivity index (χ0v) is 14.9. The van der Waals surface area contributed by atoms with Crippen LogP contribution in [0.25, 0.3) is 0 Å². The second-order valence-electron chi connectivity index (χ2n) is 6.90. The van der Waals surface area contributed by atoms with Crippen LogP contribution in [0.2, 0.25) is 0 Å². The molecule has 6 heteroatoms. The smallest absolute Gasteiger partial charge is 0.225 e. The van der Waals surface area contributed by atoms with Gasteiger partial charge in [-0.2, -0.15) is 0 Å². The first kappa shape index (κ1) is 16.3. The lowest BCUT2D eigenvalue weighted by Gasteiger charge is -2.34. The molecule has 0 unspecified atom stereocenters. The summed E-state index contributed by atoms with van der Waals surface area (Å²) in [5, 5.41) is 0. The van der Waals surface area contributed by atoms with Crippen molar-refractivity contribution in [3.05, 3.63) is 41.1 Å². The van der Waals surface area contributed by atoms with E-state index in [4.69, 9.17) is 9.40 Å². The zero-order valence-electron chi connectivity index (χ0n) is 14.9. The molecular formula is C19H24N4O2. The highest BCUT2D eigenvalue weighted by Crippen LogP contribution is 2.34. The number of furan rings is 1. The van der Waals surface area contributed by atoms with Crippen LogP contribution < -0.4 is 4.90 Å². The fraction of sp³-hybridized carbons (Fsp3) is 0.526. The van der Waals surface area contributed by atoms with Crippen LogP contribution in [-0.2, 0) is 6.42 Å². The topological polar surface area (TPSA) is 62.5 Å². The number of aromatic nitrogens is 2. The van der Waals surface area contributed by atoms with E-state index in [0.717, 1.165) is 67.8 Å². The molecule has 2 aromatic heterocycles. The van der Waals surface area contributed by atoms with Crippen molar-refractivity contribution in [3.63, 3.8) is 0 Å². The summed E-state index contributed by atoms with van der Waals surface area (Å²) in [6.07, 6.45) is 2.87. The lowest BCUT2D eigenvalue weighted by Crippen LogP contribution is -2.47. The van der Waals surface area contributed by atoms with Gasteiger partial charge < -0.3 is 14.2 Å². The Morgan fingerprint density at radius 2 is 2.00 bits per heavy atom. The number of piperazine rings is 1. The number of ketones is 1. The van der Waals surface area contributed by atoms with Gasteiger partial charge in [0.2, 0.25) is 5.95 Å². The van der Waals surface area contributed by atoms with E-state index >= 15 is 0 Å². The highest BCUT2D eigenvalue weighted by Gasteiger charge is 2.32. The number of aryl methyl sites for hydroxylation is 1. The Morgan fingerprint density at radius 3 is 2.68 bits per heavy atom. The Kier molecular flexibility index (Phi) is 4.29. The summed E-state index contributed by atoms with van der Waals surface area (Å²) in [5.41, 5.74) is 2.40. The van der Waals surface area contributed by atoms with E-state index < -0.39 is 0 Å². The second-order valence-corrected chi connectivity index (χ2v) is 6.90.